The van der Waals surface area contributed by atoms with Crippen molar-refractivity contribution >= 4 is 15.9 Å². The van der Waals surface area contributed by atoms with Gasteiger partial charge in [-0.3, -0.25) is 9.69 Å². The van der Waals surface area contributed by atoms with Gasteiger partial charge in [-0.15, -0.1) is 0 Å². The van der Waals surface area contributed by atoms with Gasteiger partial charge in [-0.05, 0) is 24.3 Å². The number of nitrogens with zero attached hydrogens (tertiary/aromatic N) is 5. The Balaban J connectivity index is 1.31. The third-order valence-electron chi connectivity index (χ3n) is 5.71. The Morgan fingerprint density at radius 3 is 2.29 bits per heavy atom. The van der Waals surface area contributed by atoms with Crippen LogP contribution in [0.4, 0.5) is 8.78 Å². The van der Waals surface area contributed by atoms with Gasteiger partial charge < -0.3 is 4.90 Å². The average molecular weight is 490 g/mol. The topological polar surface area (TPSA) is 78.8 Å². The Bertz CT molecular complexity index is 1240. The third-order valence-corrected chi connectivity index (χ3v) is 7.66. The molecule has 8 nitrogen and oxygen atoms in total. The number of aromatic nitrogens is 2. The molecule has 1 aliphatic heterocycles. The van der Waals surface area contributed by atoms with Crippen LogP contribution in [0, 0.1) is 11.6 Å². The molecular weight excluding hydrogens is 464 g/mol. The van der Waals surface area contributed by atoms with Gasteiger partial charge in [0.25, 0.3) is 0 Å². The van der Waals surface area contributed by atoms with Gasteiger partial charge in [0.15, 0.2) is 4.90 Å². The van der Waals surface area contributed by atoms with E-state index in [1.54, 1.807) is 22.8 Å². The van der Waals surface area contributed by atoms with Crippen LogP contribution in [-0.2, 0) is 21.4 Å². The molecule has 1 fully saturated rings. The highest BCUT2D eigenvalue weighted by Crippen LogP contribution is 2.23. The molecule has 2 aromatic carbocycles. The second kappa shape index (κ2) is 10.00. The van der Waals surface area contributed by atoms with Crippen LogP contribution in [0.2, 0.25) is 0 Å². The van der Waals surface area contributed by atoms with Crippen LogP contribution in [0.1, 0.15) is 5.56 Å². The lowest BCUT2D eigenvalue weighted by Gasteiger charge is -2.34. The maximum atomic E-state index is 14.0. The molecule has 1 saturated heterocycles. The number of para-hydroxylation sites is 1. The lowest BCUT2D eigenvalue weighted by molar-refractivity contribution is -0.131. The number of carbonyl (C=O) groups excluding carboxylic acids is 1. The molecule has 11 heteroatoms. The van der Waals surface area contributed by atoms with E-state index >= 15 is 0 Å². The predicted molar refractivity (Wildman–Crippen MR) is 122 cm³/mol. The Hall–Kier alpha value is -3.15. The highest BCUT2D eigenvalue weighted by molar-refractivity contribution is 7.89. The summed E-state index contributed by atoms with van der Waals surface area (Å²) in [7, 11) is -2.60. The molecule has 1 amide bonds. The molecule has 0 bridgehead atoms. The summed E-state index contributed by atoms with van der Waals surface area (Å²) in [4.78, 5) is 15.2. The zero-order valence-corrected chi connectivity index (χ0v) is 19.5. The lowest BCUT2D eigenvalue weighted by Crippen LogP contribution is -2.51. The molecule has 0 spiro atoms. The number of piperazine rings is 1. The van der Waals surface area contributed by atoms with E-state index in [0.717, 1.165) is 33.8 Å². The van der Waals surface area contributed by atoms with Crippen LogP contribution < -0.4 is 0 Å². The Morgan fingerprint density at radius 2 is 1.65 bits per heavy atom. The monoisotopic (exact) mass is 489 g/mol. The first-order chi connectivity index (χ1) is 16.3. The van der Waals surface area contributed by atoms with Gasteiger partial charge in [-0.2, -0.15) is 9.40 Å². The number of hydrogen-bond donors (Lipinski definition) is 0. The fourth-order valence-electron chi connectivity index (χ4n) is 3.82. The van der Waals surface area contributed by atoms with E-state index in [0.29, 0.717) is 6.54 Å². The van der Waals surface area contributed by atoms with Crippen molar-refractivity contribution in [3.8, 4) is 5.69 Å². The number of rotatable bonds is 7. The number of hydrogen-bond acceptors (Lipinski definition) is 5. The Morgan fingerprint density at radius 1 is 1.00 bits per heavy atom. The lowest BCUT2D eigenvalue weighted by atomic mass is 10.3. The number of sulfonamides is 1. The van der Waals surface area contributed by atoms with E-state index in [1.807, 2.05) is 41.4 Å². The van der Waals surface area contributed by atoms with E-state index in [2.05, 4.69) is 5.10 Å². The average Bonchev–Trinajstić information content (AvgIpc) is 3.28. The van der Waals surface area contributed by atoms with Crippen LogP contribution in [0.15, 0.2) is 65.8 Å². The van der Waals surface area contributed by atoms with E-state index in [4.69, 9.17) is 0 Å². The summed E-state index contributed by atoms with van der Waals surface area (Å²) in [6, 6.07) is 12.6. The third kappa shape index (κ3) is 5.16. The molecular formula is C23H25F2N5O3S. The number of amides is 1. The molecule has 1 aliphatic rings. The molecule has 3 aromatic rings. The van der Waals surface area contributed by atoms with Gasteiger partial charge in [-0.1, -0.05) is 24.3 Å². The van der Waals surface area contributed by atoms with Crippen LogP contribution >= 0.6 is 0 Å². The Labute approximate surface area is 197 Å². The predicted octanol–water partition coefficient (Wildman–Crippen LogP) is 2.12. The number of halogens is 2. The largest absolute Gasteiger partial charge is 0.340 e. The fraction of sp³-hybridized carbons (Fsp3) is 0.304. The van der Waals surface area contributed by atoms with E-state index in [9.17, 15) is 22.0 Å². The van der Waals surface area contributed by atoms with Gasteiger partial charge in [0.2, 0.25) is 15.9 Å². The summed E-state index contributed by atoms with van der Waals surface area (Å²) in [6.45, 7) is 1.13. The van der Waals surface area contributed by atoms with Crippen LogP contribution in [0.25, 0.3) is 5.69 Å². The molecule has 2 heterocycles. The maximum Gasteiger partial charge on any atom is 0.249 e. The molecule has 34 heavy (non-hydrogen) atoms. The van der Waals surface area contributed by atoms with Gasteiger partial charge in [-0.25, -0.2) is 21.9 Å². The van der Waals surface area contributed by atoms with Crippen molar-refractivity contribution in [1.82, 2.24) is 23.9 Å². The molecule has 4 rings (SSSR count). The molecule has 0 saturated carbocycles. The molecule has 0 aliphatic carbocycles. The molecule has 0 N–H and O–H groups in total. The summed E-state index contributed by atoms with van der Waals surface area (Å²) in [5, 5.41) is 4.34. The number of likely N-dealkylation sites (N-methyl/N-ethyl adjacent to an activating group) is 1. The van der Waals surface area contributed by atoms with Gasteiger partial charge in [0.05, 0.1) is 18.4 Å². The SMILES string of the molecule is CN(Cc1cnn(-c2ccccc2)c1)C(=O)CN1CCN(S(=O)(=O)c2c(F)cccc2F)CC1. The van der Waals surface area contributed by atoms with Gasteiger partial charge >= 0.3 is 0 Å². The van der Waals surface area contributed by atoms with Crippen molar-refractivity contribution in [3.05, 3.63) is 78.1 Å². The molecule has 1 aromatic heterocycles. The summed E-state index contributed by atoms with van der Waals surface area (Å²) in [6.07, 6.45) is 3.58. The van der Waals surface area contributed by atoms with Crippen molar-refractivity contribution in [2.45, 2.75) is 11.4 Å². The summed E-state index contributed by atoms with van der Waals surface area (Å²) < 4.78 is 56.2. The van der Waals surface area contributed by atoms with Gasteiger partial charge in [0.1, 0.15) is 11.6 Å². The first-order valence-corrected chi connectivity index (χ1v) is 12.2. The zero-order chi connectivity index (χ0) is 24.3. The van der Waals surface area contributed by atoms with E-state index < -0.39 is 26.6 Å². The minimum absolute atomic E-state index is 0.0386. The van der Waals surface area contributed by atoms with Crippen molar-refractivity contribution in [2.24, 2.45) is 0 Å². The first kappa shape index (κ1) is 24.0. The smallest absolute Gasteiger partial charge is 0.249 e. The maximum absolute atomic E-state index is 14.0. The zero-order valence-electron chi connectivity index (χ0n) is 18.6. The summed E-state index contributed by atoms with van der Waals surface area (Å²) in [5.74, 6) is -2.35. The molecule has 0 radical (unpaired) electrons. The Kier molecular flexibility index (Phi) is 7.05. The van der Waals surface area contributed by atoms with Crippen LogP contribution in [0.3, 0.4) is 0 Å². The number of benzene rings is 2. The minimum Gasteiger partial charge on any atom is -0.340 e. The second-order valence-electron chi connectivity index (χ2n) is 8.11. The molecule has 0 atom stereocenters. The first-order valence-electron chi connectivity index (χ1n) is 10.7. The van der Waals surface area contributed by atoms with E-state index in [-0.39, 0.29) is 38.6 Å². The second-order valence-corrected chi connectivity index (χ2v) is 9.98. The molecule has 0 unspecified atom stereocenters. The number of carbonyl (C=O) groups is 1. The van der Waals surface area contributed by atoms with Crippen LogP contribution in [-0.4, -0.2) is 78.0 Å². The fourth-order valence-corrected chi connectivity index (χ4v) is 5.35. The normalized spacial score (nSPS) is 15.4. The highest BCUT2D eigenvalue weighted by Gasteiger charge is 2.33. The van der Waals surface area contributed by atoms with E-state index in [1.165, 1.54) is 0 Å². The van der Waals surface area contributed by atoms with Gasteiger partial charge in [0, 0.05) is 51.5 Å². The highest BCUT2D eigenvalue weighted by atomic mass is 32.2. The summed E-state index contributed by atoms with van der Waals surface area (Å²) >= 11 is 0. The molecule has 180 valence electrons. The van der Waals surface area contributed by atoms with Crippen molar-refractivity contribution in [3.63, 3.8) is 0 Å². The quantitative estimate of drug-likeness (QED) is 0.508. The van der Waals surface area contributed by atoms with Crippen molar-refractivity contribution < 1.29 is 22.0 Å². The van der Waals surface area contributed by atoms with Crippen LogP contribution in [0.5, 0.6) is 0 Å². The van der Waals surface area contributed by atoms with Crippen molar-refractivity contribution in [2.75, 3.05) is 39.8 Å². The van der Waals surface area contributed by atoms with Crippen molar-refractivity contribution in [1.29, 1.82) is 0 Å². The summed E-state index contributed by atoms with van der Waals surface area (Å²) in [5.41, 5.74) is 1.80. The minimum atomic E-state index is -4.30. The standard InChI is InChI=1S/C23H25F2N5O3S/c1-27(15-18-14-26-30(16-18)19-6-3-2-4-7-19)22(31)17-28-10-12-29(13-11-28)34(32,33)23-20(24)8-5-9-21(23)25/h2-9,14,16H,10-13,15,17H2,1H3.